The number of fused-ring (bicyclic) bond motifs is 1. The monoisotopic (exact) mass is 471 g/mol. The molecule has 1 atom stereocenters. The predicted octanol–water partition coefficient (Wildman–Crippen LogP) is 4.39. The Balaban J connectivity index is 2.42. The average molecular weight is 471 g/mol. The lowest BCUT2D eigenvalue weighted by molar-refractivity contribution is -0.0435. The summed E-state index contributed by atoms with van der Waals surface area (Å²) in [5.41, 5.74) is -13.1. The van der Waals surface area contributed by atoms with Gasteiger partial charge >= 0.3 is 11.0 Å². The van der Waals surface area contributed by atoms with Gasteiger partial charge in [0.15, 0.2) is 0 Å². The Bertz CT molecular complexity index is 1220. The van der Waals surface area contributed by atoms with E-state index in [9.17, 15) is 43.2 Å². The van der Waals surface area contributed by atoms with E-state index in [4.69, 9.17) is 0 Å². The Morgan fingerprint density at radius 3 is 1.73 bits per heavy atom. The number of para-hydroxylation sites is 1. The number of nitrogens with one attached hydrogen (secondary N) is 1. The van der Waals surface area contributed by atoms with E-state index in [-0.39, 0.29) is 11.3 Å². The molecule has 1 N–H and O–H groups in total. The van der Waals surface area contributed by atoms with Crippen molar-refractivity contribution in [2.24, 2.45) is 0 Å². The fraction of sp³-hybridized carbons (Fsp3) is 0.176. The fourth-order valence-electron chi connectivity index (χ4n) is 3.00. The van der Waals surface area contributed by atoms with Gasteiger partial charge in [0.05, 0.1) is 10.9 Å². The molecule has 0 amide bonds. The van der Waals surface area contributed by atoms with Crippen molar-refractivity contribution in [1.29, 1.82) is 0 Å². The molecular formula is C17H11F6NO4S2. The van der Waals surface area contributed by atoms with Gasteiger partial charge in [0.1, 0.15) is 4.91 Å². The number of benzene rings is 2. The molecule has 5 nitrogen and oxygen atoms in total. The molecule has 0 radical (unpaired) electrons. The first-order valence-corrected chi connectivity index (χ1v) is 10.9. The first-order chi connectivity index (χ1) is 13.7. The summed E-state index contributed by atoms with van der Waals surface area (Å²) in [6.45, 7) is 0. The minimum atomic E-state index is -6.47. The summed E-state index contributed by atoms with van der Waals surface area (Å²) in [7, 11) is -12.9. The molecular weight excluding hydrogens is 460 g/mol. The van der Waals surface area contributed by atoms with Gasteiger partial charge in [-0.1, -0.05) is 42.5 Å². The zero-order valence-corrected chi connectivity index (χ0v) is 16.1. The Morgan fingerprint density at radius 2 is 1.20 bits per heavy atom. The van der Waals surface area contributed by atoms with Gasteiger partial charge in [-0.3, -0.25) is 0 Å². The molecule has 0 fully saturated rings. The molecule has 1 aliphatic carbocycles. The van der Waals surface area contributed by atoms with E-state index in [1.807, 2.05) is 0 Å². The summed E-state index contributed by atoms with van der Waals surface area (Å²) < 4.78 is 129. The maximum atomic E-state index is 13.4. The Labute approximate surface area is 166 Å². The second kappa shape index (κ2) is 7.01. The summed E-state index contributed by atoms with van der Waals surface area (Å²) >= 11 is 0. The van der Waals surface area contributed by atoms with Gasteiger partial charge in [-0.2, -0.15) is 26.3 Å². The van der Waals surface area contributed by atoms with Crippen molar-refractivity contribution in [3.63, 3.8) is 0 Å². The third kappa shape index (κ3) is 3.45. The molecule has 2 aromatic rings. The summed E-state index contributed by atoms with van der Waals surface area (Å²) in [6.07, 6.45) is 0. The number of rotatable bonds is 4. The lowest BCUT2D eigenvalue weighted by Gasteiger charge is -2.21. The topological polar surface area (TPSA) is 80.3 Å². The molecule has 0 bridgehead atoms. The predicted molar refractivity (Wildman–Crippen MR) is 96.1 cm³/mol. The van der Waals surface area contributed by atoms with Crippen LogP contribution in [0.3, 0.4) is 0 Å². The second-order valence-corrected chi connectivity index (χ2v) is 9.91. The van der Waals surface area contributed by atoms with Crippen LogP contribution in [-0.4, -0.2) is 27.9 Å². The summed E-state index contributed by atoms with van der Waals surface area (Å²) in [5, 5.41) is 2.41. The molecule has 0 aromatic heterocycles. The molecule has 0 aliphatic heterocycles. The van der Waals surface area contributed by atoms with Gasteiger partial charge in [-0.15, -0.1) is 0 Å². The zero-order valence-electron chi connectivity index (χ0n) is 14.5. The Kier molecular flexibility index (Phi) is 5.18. The van der Waals surface area contributed by atoms with Crippen LogP contribution in [0.4, 0.5) is 32.0 Å². The fourth-order valence-corrected chi connectivity index (χ4v) is 5.85. The van der Waals surface area contributed by atoms with E-state index in [1.165, 1.54) is 36.4 Å². The highest BCUT2D eigenvalue weighted by molar-refractivity contribution is 8.04. The molecule has 0 heterocycles. The Morgan fingerprint density at radius 1 is 0.700 bits per heavy atom. The van der Waals surface area contributed by atoms with E-state index in [0.717, 1.165) is 18.2 Å². The van der Waals surface area contributed by atoms with Crippen LogP contribution in [0.5, 0.6) is 0 Å². The smallest absolute Gasteiger partial charge is 0.373 e. The first kappa shape index (κ1) is 22.2. The van der Waals surface area contributed by atoms with Gasteiger partial charge in [0.2, 0.25) is 0 Å². The van der Waals surface area contributed by atoms with E-state index in [2.05, 4.69) is 5.32 Å². The van der Waals surface area contributed by atoms with Crippen molar-refractivity contribution in [2.75, 3.05) is 5.32 Å². The zero-order chi connectivity index (χ0) is 22.5. The maximum Gasteiger partial charge on any atom is 0.501 e. The third-order valence-electron chi connectivity index (χ3n) is 4.25. The molecule has 1 aliphatic rings. The van der Waals surface area contributed by atoms with Gasteiger partial charge in [0.25, 0.3) is 19.7 Å². The van der Waals surface area contributed by atoms with E-state index in [1.54, 1.807) is 0 Å². The summed E-state index contributed by atoms with van der Waals surface area (Å²) in [6, 6.07) is 9.28. The molecule has 0 saturated carbocycles. The Hall–Kier alpha value is -2.54. The lowest BCUT2D eigenvalue weighted by Crippen LogP contribution is -2.31. The van der Waals surface area contributed by atoms with Crippen molar-refractivity contribution >= 4 is 30.3 Å². The first-order valence-electron chi connectivity index (χ1n) is 7.97. The molecule has 30 heavy (non-hydrogen) atoms. The van der Waals surface area contributed by atoms with Crippen LogP contribution in [0.25, 0.3) is 4.91 Å². The average Bonchev–Trinajstić information content (AvgIpc) is 2.96. The van der Waals surface area contributed by atoms with Crippen LogP contribution in [0.2, 0.25) is 0 Å². The van der Waals surface area contributed by atoms with Crippen molar-refractivity contribution in [3.8, 4) is 0 Å². The van der Waals surface area contributed by atoms with Crippen molar-refractivity contribution in [1.82, 2.24) is 0 Å². The van der Waals surface area contributed by atoms with Gasteiger partial charge in [-0.05, 0) is 17.7 Å². The highest BCUT2D eigenvalue weighted by atomic mass is 32.2. The molecule has 0 spiro atoms. The molecule has 2 aromatic carbocycles. The van der Waals surface area contributed by atoms with E-state index < -0.39 is 52.1 Å². The summed E-state index contributed by atoms with van der Waals surface area (Å²) in [5.74, 6) is 0. The van der Waals surface area contributed by atoms with Crippen LogP contribution in [-0.2, 0) is 19.7 Å². The molecule has 1 unspecified atom stereocenters. The number of anilines is 1. The number of alkyl halides is 6. The van der Waals surface area contributed by atoms with Crippen molar-refractivity contribution in [3.05, 3.63) is 70.6 Å². The highest BCUT2D eigenvalue weighted by Crippen LogP contribution is 2.52. The van der Waals surface area contributed by atoms with Gasteiger partial charge < -0.3 is 5.32 Å². The van der Waals surface area contributed by atoms with Gasteiger partial charge in [0, 0.05) is 11.3 Å². The molecule has 0 saturated heterocycles. The minimum Gasteiger partial charge on any atom is -0.373 e. The normalized spacial score (nSPS) is 17.7. The number of halogens is 6. The maximum absolute atomic E-state index is 13.4. The minimum absolute atomic E-state index is 0.0674. The standard InChI is InChI=1S/C17H11F6NO4S2/c18-16(19,20)29(25,26)14-12-9-5-4-8-11(12)13(24-10-6-2-1-3-7-10)15(14)30(27,28)17(21,22)23/h1-9,13,24H. The van der Waals surface area contributed by atoms with Crippen LogP contribution in [0, 0.1) is 0 Å². The van der Waals surface area contributed by atoms with E-state index in [0.29, 0.717) is 0 Å². The second-order valence-electron chi connectivity index (χ2n) is 6.12. The molecule has 3 rings (SSSR count). The molecule has 13 heteroatoms. The van der Waals surface area contributed by atoms with Crippen LogP contribution in [0.1, 0.15) is 17.2 Å². The SMILES string of the molecule is O=S(=O)(C1=C(S(=O)(=O)C(F)(F)F)C(Nc2ccccc2)c2ccccc21)C(F)(F)F. The van der Waals surface area contributed by atoms with Crippen LogP contribution >= 0.6 is 0 Å². The number of sulfone groups is 2. The quantitative estimate of drug-likeness (QED) is 0.669. The number of hydrogen-bond acceptors (Lipinski definition) is 5. The summed E-state index contributed by atoms with van der Waals surface area (Å²) in [4.78, 5) is -3.85. The lowest BCUT2D eigenvalue weighted by atomic mass is 10.1. The largest absolute Gasteiger partial charge is 0.501 e. The van der Waals surface area contributed by atoms with E-state index >= 15 is 0 Å². The highest BCUT2D eigenvalue weighted by Gasteiger charge is 2.59. The molecule has 162 valence electrons. The number of hydrogen-bond donors (Lipinski definition) is 1. The van der Waals surface area contributed by atoms with Crippen LogP contribution < -0.4 is 5.32 Å². The van der Waals surface area contributed by atoms with Gasteiger partial charge in [-0.25, -0.2) is 16.8 Å². The third-order valence-corrected chi connectivity index (χ3v) is 7.60. The van der Waals surface area contributed by atoms with Crippen LogP contribution in [0.15, 0.2) is 59.5 Å². The van der Waals surface area contributed by atoms with Crippen molar-refractivity contribution in [2.45, 2.75) is 17.1 Å². The van der Waals surface area contributed by atoms with Crippen molar-refractivity contribution < 1.29 is 43.2 Å².